The molecular formula is C13H13BrN2O2S. The highest BCUT2D eigenvalue weighted by Crippen LogP contribution is 2.18. The molecule has 6 heteroatoms. The minimum atomic E-state index is -0.676. The molecule has 0 saturated heterocycles. The first-order valence-electron chi connectivity index (χ1n) is 5.71. The Hall–Kier alpha value is -1.27. The van der Waals surface area contributed by atoms with Crippen LogP contribution in [0.5, 0.6) is 0 Å². The highest BCUT2D eigenvalue weighted by molar-refractivity contribution is 9.10. The zero-order valence-corrected chi connectivity index (χ0v) is 13.2. The average molecular weight is 341 g/mol. The van der Waals surface area contributed by atoms with Crippen LogP contribution in [0, 0.1) is 10.2 Å². The molecule has 0 aliphatic heterocycles. The van der Waals surface area contributed by atoms with E-state index in [9.17, 15) is 9.59 Å². The van der Waals surface area contributed by atoms with Gasteiger partial charge in [0.15, 0.2) is 4.77 Å². The minimum absolute atomic E-state index is 0.125. The van der Waals surface area contributed by atoms with Crippen molar-refractivity contribution in [3.63, 3.8) is 0 Å². The Kier molecular flexibility index (Phi) is 3.49. The van der Waals surface area contributed by atoms with E-state index < -0.39 is 5.41 Å². The van der Waals surface area contributed by atoms with Gasteiger partial charge in [-0.25, -0.2) is 4.57 Å². The molecule has 0 fully saturated rings. The van der Waals surface area contributed by atoms with Gasteiger partial charge >= 0.3 is 0 Å². The Labute approximate surface area is 123 Å². The van der Waals surface area contributed by atoms with E-state index in [-0.39, 0.29) is 16.2 Å². The largest absolute Gasteiger partial charge is 0.331 e. The van der Waals surface area contributed by atoms with Gasteiger partial charge in [0.2, 0.25) is 5.91 Å². The summed E-state index contributed by atoms with van der Waals surface area (Å²) < 4.78 is 1.93. The first-order chi connectivity index (χ1) is 8.71. The lowest BCUT2D eigenvalue weighted by atomic mass is 9.95. The van der Waals surface area contributed by atoms with E-state index in [1.54, 1.807) is 32.9 Å². The fourth-order valence-corrected chi connectivity index (χ4v) is 2.34. The second-order valence-electron chi connectivity index (χ2n) is 5.32. The molecule has 1 aromatic carbocycles. The lowest BCUT2D eigenvalue weighted by Gasteiger charge is -2.18. The molecule has 0 bridgehead atoms. The van der Waals surface area contributed by atoms with Crippen LogP contribution >= 0.6 is 28.1 Å². The second-order valence-corrected chi connectivity index (χ2v) is 6.62. The van der Waals surface area contributed by atoms with E-state index in [2.05, 4.69) is 20.9 Å². The highest BCUT2D eigenvalue weighted by Gasteiger charge is 2.25. The van der Waals surface area contributed by atoms with Crippen molar-refractivity contribution in [1.29, 1.82) is 0 Å². The summed E-state index contributed by atoms with van der Waals surface area (Å²) in [6.07, 6.45) is 0. The van der Waals surface area contributed by atoms with E-state index in [0.717, 1.165) is 9.04 Å². The number of benzene rings is 1. The van der Waals surface area contributed by atoms with Crippen molar-refractivity contribution >= 4 is 45.0 Å². The maximum atomic E-state index is 12.4. The number of H-pyrrole nitrogens is 1. The number of carbonyl (C=O) groups excluding carboxylic acids is 1. The molecule has 1 N–H and O–H groups in total. The molecule has 0 aliphatic rings. The van der Waals surface area contributed by atoms with Crippen LogP contribution in [-0.2, 0) is 0 Å². The number of rotatable bonds is 0. The van der Waals surface area contributed by atoms with Gasteiger partial charge in [-0.3, -0.25) is 9.59 Å². The van der Waals surface area contributed by atoms with Crippen molar-refractivity contribution in [1.82, 2.24) is 9.55 Å². The number of hydrogen-bond donors (Lipinski definition) is 1. The molecule has 0 atom stereocenters. The number of fused-ring (bicyclic) bond motifs is 1. The molecule has 0 amide bonds. The van der Waals surface area contributed by atoms with Crippen molar-refractivity contribution in [3.05, 3.63) is 37.8 Å². The zero-order chi connectivity index (χ0) is 14.4. The summed E-state index contributed by atoms with van der Waals surface area (Å²) in [7, 11) is 0. The Balaban J connectivity index is 2.87. The van der Waals surface area contributed by atoms with Crippen LogP contribution in [0.2, 0.25) is 0 Å². The molecule has 0 spiro atoms. The molecule has 2 rings (SSSR count). The van der Waals surface area contributed by atoms with E-state index in [4.69, 9.17) is 12.2 Å². The third-order valence-corrected chi connectivity index (χ3v) is 3.48. The van der Waals surface area contributed by atoms with Crippen LogP contribution < -0.4 is 5.56 Å². The molecule has 19 heavy (non-hydrogen) atoms. The number of halogens is 1. The van der Waals surface area contributed by atoms with Gasteiger partial charge in [0.25, 0.3) is 5.56 Å². The van der Waals surface area contributed by atoms with Crippen LogP contribution in [0.1, 0.15) is 25.6 Å². The first-order valence-corrected chi connectivity index (χ1v) is 6.91. The molecule has 1 aromatic heterocycles. The van der Waals surface area contributed by atoms with Crippen molar-refractivity contribution in [2.45, 2.75) is 20.8 Å². The van der Waals surface area contributed by atoms with Gasteiger partial charge < -0.3 is 4.98 Å². The van der Waals surface area contributed by atoms with Gasteiger partial charge in [0, 0.05) is 9.89 Å². The number of nitrogens with zero attached hydrogens (tertiary/aromatic N) is 1. The van der Waals surface area contributed by atoms with Gasteiger partial charge in [-0.2, -0.15) is 0 Å². The number of aromatic amines is 1. The fourth-order valence-electron chi connectivity index (χ4n) is 1.71. The number of carbonyl (C=O) groups is 1. The van der Waals surface area contributed by atoms with Crippen LogP contribution in [0.4, 0.5) is 0 Å². The van der Waals surface area contributed by atoms with Crippen molar-refractivity contribution < 1.29 is 4.79 Å². The van der Waals surface area contributed by atoms with E-state index in [0.29, 0.717) is 10.9 Å². The minimum Gasteiger partial charge on any atom is -0.331 e. The van der Waals surface area contributed by atoms with Gasteiger partial charge in [0.05, 0.1) is 10.9 Å². The second kappa shape index (κ2) is 4.68. The quantitative estimate of drug-likeness (QED) is 0.746. The van der Waals surface area contributed by atoms with Crippen LogP contribution in [0.3, 0.4) is 0 Å². The summed E-state index contributed by atoms with van der Waals surface area (Å²) in [4.78, 5) is 27.6. The number of nitrogens with one attached hydrogen (secondary N) is 1. The highest BCUT2D eigenvalue weighted by atomic mass is 79.9. The standard InChI is InChI=1S/C13H13BrN2O2S/c1-13(2,3)11(18)16-10(17)8-6-7(14)4-5-9(8)15-12(16)19/h4-6H,1-3H3,(H,15,19). The van der Waals surface area contributed by atoms with Crippen molar-refractivity contribution in [2.24, 2.45) is 5.41 Å². The molecule has 0 saturated carbocycles. The van der Waals surface area contributed by atoms with Gasteiger partial charge in [-0.1, -0.05) is 36.7 Å². The molecule has 1 heterocycles. The lowest BCUT2D eigenvalue weighted by molar-refractivity contribution is 0.0759. The molecule has 0 aliphatic carbocycles. The third-order valence-electron chi connectivity index (χ3n) is 2.70. The van der Waals surface area contributed by atoms with E-state index in [1.165, 1.54) is 0 Å². The third kappa shape index (κ3) is 2.55. The van der Waals surface area contributed by atoms with Crippen LogP contribution in [0.25, 0.3) is 10.9 Å². The van der Waals surface area contributed by atoms with Gasteiger partial charge in [-0.05, 0) is 30.4 Å². The molecule has 0 unspecified atom stereocenters. The molecule has 100 valence electrons. The van der Waals surface area contributed by atoms with Crippen molar-refractivity contribution in [2.75, 3.05) is 0 Å². The summed E-state index contributed by atoms with van der Waals surface area (Å²) in [5, 5.41) is 0.431. The molecule has 2 aromatic rings. The van der Waals surface area contributed by atoms with Crippen LogP contribution in [-0.4, -0.2) is 15.5 Å². The Bertz CT molecular complexity index is 784. The van der Waals surface area contributed by atoms with E-state index in [1.807, 2.05) is 6.07 Å². The molecule has 0 radical (unpaired) electrons. The van der Waals surface area contributed by atoms with Gasteiger partial charge in [-0.15, -0.1) is 0 Å². The Morgan fingerprint density at radius 3 is 2.58 bits per heavy atom. The zero-order valence-electron chi connectivity index (χ0n) is 10.8. The Morgan fingerprint density at radius 2 is 2.00 bits per heavy atom. The summed E-state index contributed by atoms with van der Waals surface area (Å²) in [6, 6.07) is 5.24. The summed E-state index contributed by atoms with van der Waals surface area (Å²) in [5.74, 6) is -0.319. The summed E-state index contributed by atoms with van der Waals surface area (Å²) in [6.45, 7) is 5.25. The van der Waals surface area contributed by atoms with Crippen LogP contribution in [0.15, 0.2) is 27.5 Å². The monoisotopic (exact) mass is 340 g/mol. The van der Waals surface area contributed by atoms with E-state index >= 15 is 0 Å². The topological polar surface area (TPSA) is 54.9 Å². The number of aromatic nitrogens is 2. The smallest absolute Gasteiger partial charge is 0.269 e. The lowest BCUT2D eigenvalue weighted by Crippen LogP contribution is -2.36. The fraction of sp³-hybridized carbons (Fsp3) is 0.308. The molecule has 4 nitrogen and oxygen atoms in total. The normalized spacial score (nSPS) is 11.8. The average Bonchev–Trinajstić information content (AvgIpc) is 2.29. The first kappa shape index (κ1) is 14.1. The number of hydrogen-bond acceptors (Lipinski definition) is 3. The molecular weight excluding hydrogens is 328 g/mol. The SMILES string of the molecule is CC(C)(C)C(=O)n1c(=S)[nH]c2ccc(Br)cc2c1=O. The predicted molar refractivity (Wildman–Crippen MR) is 81.2 cm³/mol. The maximum absolute atomic E-state index is 12.4. The maximum Gasteiger partial charge on any atom is 0.269 e. The van der Waals surface area contributed by atoms with Crippen molar-refractivity contribution in [3.8, 4) is 0 Å². The summed E-state index contributed by atoms with van der Waals surface area (Å²) in [5.41, 5.74) is -0.443. The van der Waals surface area contributed by atoms with Gasteiger partial charge in [0.1, 0.15) is 0 Å². The Morgan fingerprint density at radius 1 is 1.37 bits per heavy atom. The summed E-state index contributed by atoms with van der Waals surface area (Å²) >= 11 is 8.43. The predicted octanol–water partition coefficient (Wildman–Crippen LogP) is 3.51.